The van der Waals surface area contributed by atoms with Crippen LogP contribution in [0.5, 0.6) is 0 Å². The standard InChI is InChI=1S/C11H13NO2/c1-3-5-7(4-2)12-10(13)8-6-9(8)11(12)14/h2,7-9H,3,5-6H2,1H3. The Bertz CT molecular complexity index is 309. The molecule has 3 unspecified atom stereocenters. The van der Waals surface area contributed by atoms with E-state index in [1.165, 1.54) is 4.90 Å². The van der Waals surface area contributed by atoms with Crippen LogP contribution in [0.4, 0.5) is 0 Å². The summed E-state index contributed by atoms with van der Waals surface area (Å²) in [6.07, 6.45) is 7.68. The van der Waals surface area contributed by atoms with Crippen LogP contribution in [0.3, 0.4) is 0 Å². The van der Waals surface area contributed by atoms with Gasteiger partial charge < -0.3 is 0 Å². The molecule has 14 heavy (non-hydrogen) atoms. The molecule has 1 aliphatic carbocycles. The molecule has 1 saturated heterocycles. The van der Waals surface area contributed by atoms with Gasteiger partial charge in [-0.15, -0.1) is 6.42 Å². The van der Waals surface area contributed by atoms with Gasteiger partial charge in [-0.3, -0.25) is 14.5 Å². The number of likely N-dealkylation sites (tertiary alicyclic amines) is 1. The van der Waals surface area contributed by atoms with E-state index < -0.39 is 0 Å². The first-order chi connectivity index (χ1) is 6.70. The summed E-state index contributed by atoms with van der Waals surface area (Å²) < 4.78 is 0. The van der Waals surface area contributed by atoms with Crippen molar-refractivity contribution in [1.29, 1.82) is 0 Å². The van der Waals surface area contributed by atoms with Gasteiger partial charge in [0.15, 0.2) is 0 Å². The SMILES string of the molecule is C#CC(CCC)N1C(=O)C2CC2C1=O. The lowest BCUT2D eigenvalue weighted by atomic mass is 10.1. The minimum atomic E-state index is -0.312. The molecule has 2 rings (SSSR count). The molecule has 1 heterocycles. The first-order valence-electron chi connectivity index (χ1n) is 5.03. The number of terminal acetylenes is 1. The number of carbonyl (C=O) groups is 2. The van der Waals surface area contributed by atoms with E-state index in [1.807, 2.05) is 6.92 Å². The second-order valence-corrected chi connectivity index (χ2v) is 3.97. The number of rotatable bonds is 3. The minimum absolute atomic E-state index is 0.0322. The lowest BCUT2D eigenvalue weighted by Crippen LogP contribution is -2.41. The Morgan fingerprint density at radius 3 is 2.50 bits per heavy atom. The summed E-state index contributed by atoms with van der Waals surface area (Å²) in [6, 6.07) is -0.312. The molecular weight excluding hydrogens is 178 g/mol. The molecule has 0 aromatic heterocycles. The zero-order valence-corrected chi connectivity index (χ0v) is 8.19. The summed E-state index contributed by atoms with van der Waals surface area (Å²) in [4.78, 5) is 24.6. The largest absolute Gasteiger partial charge is 0.274 e. The summed E-state index contributed by atoms with van der Waals surface area (Å²) in [5, 5.41) is 0. The summed E-state index contributed by atoms with van der Waals surface area (Å²) in [6.45, 7) is 2.00. The Kier molecular flexibility index (Phi) is 2.07. The quantitative estimate of drug-likeness (QED) is 0.488. The zero-order valence-electron chi connectivity index (χ0n) is 8.19. The number of piperidine rings is 1. The maximum absolute atomic E-state index is 11.6. The first-order valence-corrected chi connectivity index (χ1v) is 5.03. The van der Waals surface area contributed by atoms with Crippen molar-refractivity contribution in [2.45, 2.75) is 32.2 Å². The van der Waals surface area contributed by atoms with Crippen molar-refractivity contribution in [2.75, 3.05) is 0 Å². The molecule has 2 aliphatic rings. The van der Waals surface area contributed by atoms with Crippen molar-refractivity contribution in [1.82, 2.24) is 4.90 Å². The molecule has 0 radical (unpaired) electrons. The van der Waals surface area contributed by atoms with E-state index >= 15 is 0 Å². The van der Waals surface area contributed by atoms with Gasteiger partial charge in [0.05, 0.1) is 11.8 Å². The van der Waals surface area contributed by atoms with E-state index in [4.69, 9.17) is 6.42 Å². The molecule has 74 valence electrons. The van der Waals surface area contributed by atoms with Crippen molar-refractivity contribution >= 4 is 11.8 Å². The zero-order chi connectivity index (χ0) is 10.3. The highest BCUT2D eigenvalue weighted by atomic mass is 16.2. The molecular formula is C11H13NO2. The summed E-state index contributed by atoms with van der Waals surface area (Å²) in [7, 11) is 0. The number of hydrogen-bond donors (Lipinski definition) is 0. The highest BCUT2D eigenvalue weighted by molar-refractivity contribution is 6.09. The fourth-order valence-corrected chi connectivity index (χ4v) is 2.07. The number of imide groups is 1. The van der Waals surface area contributed by atoms with E-state index in [0.29, 0.717) is 6.42 Å². The molecule has 0 N–H and O–H groups in total. The van der Waals surface area contributed by atoms with Gasteiger partial charge in [0.1, 0.15) is 6.04 Å². The van der Waals surface area contributed by atoms with E-state index in [-0.39, 0.29) is 29.7 Å². The maximum atomic E-state index is 11.6. The first kappa shape index (κ1) is 9.26. The topological polar surface area (TPSA) is 37.4 Å². The summed E-state index contributed by atoms with van der Waals surface area (Å²) in [5.41, 5.74) is 0. The van der Waals surface area contributed by atoms with Crippen molar-refractivity contribution in [2.24, 2.45) is 11.8 Å². The van der Waals surface area contributed by atoms with Gasteiger partial charge in [-0.05, 0) is 12.8 Å². The number of carbonyl (C=O) groups excluding carboxylic acids is 2. The molecule has 3 atom stereocenters. The average molecular weight is 191 g/mol. The molecule has 3 heteroatoms. The number of nitrogens with zero attached hydrogens (tertiary/aromatic N) is 1. The van der Waals surface area contributed by atoms with Crippen LogP contribution >= 0.6 is 0 Å². The maximum Gasteiger partial charge on any atom is 0.234 e. The van der Waals surface area contributed by atoms with Crippen LogP contribution < -0.4 is 0 Å². The molecule has 0 spiro atoms. The molecule has 1 aliphatic heterocycles. The third-order valence-corrected chi connectivity index (χ3v) is 2.97. The normalized spacial score (nSPS) is 31.3. The predicted molar refractivity (Wildman–Crippen MR) is 51.0 cm³/mol. The predicted octanol–water partition coefficient (Wildman–Crippen LogP) is 0.793. The third-order valence-electron chi connectivity index (χ3n) is 2.97. The van der Waals surface area contributed by atoms with Gasteiger partial charge in [-0.25, -0.2) is 0 Å². The van der Waals surface area contributed by atoms with Gasteiger partial charge in [-0.2, -0.15) is 0 Å². The van der Waals surface area contributed by atoms with Crippen LogP contribution in [0.2, 0.25) is 0 Å². The Hall–Kier alpha value is -1.30. The lowest BCUT2D eigenvalue weighted by Gasteiger charge is -2.22. The molecule has 2 fully saturated rings. The third kappa shape index (κ3) is 1.14. The lowest BCUT2D eigenvalue weighted by molar-refractivity contribution is -0.142. The Morgan fingerprint density at radius 1 is 1.50 bits per heavy atom. The minimum Gasteiger partial charge on any atom is -0.274 e. The fourth-order valence-electron chi connectivity index (χ4n) is 2.07. The monoisotopic (exact) mass is 191 g/mol. The highest BCUT2D eigenvalue weighted by Gasteiger charge is 2.59. The number of fused-ring (bicyclic) bond motifs is 1. The molecule has 0 bridgehead atoms. The molecule has 0 aromatic carbocycles. The van der Waals surface area contributed by atoms with Crippen LogP contribution in [0, 0.1) is 24.2 Å². The van der Waals surface area contributed by atoms with Crippen LogP contribution in [0.25, 0.3) is 0 Å². The Balaban J connectivity index is 2.14. The van der Waals surface area contributed by atoms with Crippen LogP contribution in [0.1, 0.15) is 26.2 Å². The van der Waals surface area contributed by atoms with Crippen LogP contribution in [0.15, 0.2) is 0 Å². The van der Waals surface area contributed by atoms with Crippen molar-refractivity contribution < 1.29 is 9.59 Å². The van der Waals surface area contributed by atoms with Gasteiger partial charge in [-0.1, -0.05) is 19.3 Å². The van der Waals surface area contributed by atoms with Gasteiger partial charge in [0.2, 0.25) is 11.8 Å². The Morgan fingerprint density at radius 2 is 2.07 bits per heavy atom. The van der Waals surface area contributed by atoms with E-state index in [9.17, 15) is 9.59 Å². The average Bonchev–Trinajstić information content (AvgIpc) is 2.91. The van der Waals surface area contributed by atoms with E-state index in [0.717, 1.165) is 12.8 Å². The molecule has 3 nitrogen and oxygen atoms in total. The highest BCUT2D eigenvalue weighted by Crippen LogP contribution is 2.47. The number of hydrogen-bond acceptors (Lipinski definition) is 2. The summed E-state index contributed by atoms with van der Waals surface area (Å²) in [5.74, 6) is 2.38. The molecule has 0 aromatic rings. The van der Waals surface area contributed by atoms with E-state index in [2.05, 4.69) is 5.92 Å². The molecule has 2 amide bonds. The van der Waals surface area contributed by atoms with Gasteiger partial charge in [0.25, 0.3) is 0 Å². The van der Waals surface area contributed by atoms with Crippen molar-refractivity contribution in [3.8, 4) is 12.3 Å². The van der Waals surface area contributed by atoms with Gasteiger partial charge in [0, 0.05) is 0 Å². The van der Waals surface area contributed by atoms with Crippen LogP contribution in [-0.2, 0) is 9.59 Å². The second-order valence-electron chi connectivity index (χ2n) is 3.97. The van der Waals surface area contributed by atoms with Crippen molar-refractivity contribution in [3.63, 3.8) is 0 Å². The van der Waals surface area contributed by atoms with Crippen LogP contribution in [-0.4, -0.2) is 22.8 Å². The van der Waals surface area contributed by atoms with E-state index in [1.54, 1.807) is 0 Å². The number of amides is 2. The molecule has 1 saturated carbocycles. The van der Waals surface area contributed by atoms with Gasteiger partial charge >= 0.3 is 0 Å². The fraction of sp³-hybridized carbons (Fsp3) is 0.636. The Labute approximate surface area is 83.5 Å². The second kappa shape index (κ2) is 3.13. The van der Waals surface area contributed by atoms with Crippen molar-refractivity contribution in [3.05, 3.63) is 0 Å². The smallest absolute Gasteiger partial charge is 0.234 e. The summed E-state index contributed by atoms with van der Waals surface area (Å²) >= 11 is 0.